The fraction of sp³-hybridized carbons (Fsp3) is 0. The lowest BCUT2D eigenvalue weighted by Gasteiger charge is -2.15. The molecule has 0 saturated heterocycles. The second-order valence-electron chi connectivity index (χ2n) is 4.79. The lowest BCUT2D eigenvalue weighted by molar-refractivity contribution is -0.990. The lowest BCUT2D eigenvalue weighted by Crippen LogP contribution is -2.99. The molecule has 0 aliphatic heterocycles. The molecule has 0 aliphatic carbocycles. The molecule has 6 nitrogen and oxygen atoms in total. The number of nitrogens with zero attached hydrogens (tertiary/aromatic N) is 2. The Morgan fingerprint density at radius 2 is 2.04 bits per heavy atom. The maximum Gasteiger partial charge on any atom is 0.189 e. The van der Waals surface area contributed by atoms with Crippen molar-refractivity contribution in [3.8, 4) is 0 Å². The summed E-state index contributed by atoms with van der Waals surface area (Å²) in [6.45, 7) is 0. The zero-order valence-corrected chi connectivity index (χ0v) is 12.7. The first-order valence-electron chi connectivity index (χ1n) is 6.81. The second-order valence-corrected chi connectivity index (χ2v) is 5.22. The summed E-state index contributed by atoms with van der Waals surface area (Å²) in [5.41, 5.74) is 4.81. The standard InChI is InChI=1S/C16H13ClN4O2/c17-13-6-7-15(21(22)23)14(9-13)20-19-10-12-4-1-3-11-5-2-8-18-16(11)12/h1-10,20-22H/b19-10+. The van der Waals surface area contributed by atoms with Gasteiger partial charge in [-0.2, -0.15) is 10.3 Å². The predicted molar refractivity (Wildman–Crippen MR) is 90.2 cm³/mol. The first-order chi connectivity index (χ1) is 11.1. The van der Waals surface area contributed by atoms with Crippen LogP contribution in [0.2, 0.25) is 5.02 Å². The van der Waals surface area contributed by atoms with E-state index in [-0.39, 0.29) is 5.69 Å². The molecule has 0 fully saturated rings. The van der Waals surface area contributed by atoms with Crippen LogP contribution in [0.3, 0.4) is 0 Å². The molecule has 23 heavy (non-hydrogen) atoms. The van der Waals surface area contributed by atoms with Crippen molar-refractivity contribution in [3.05, 3.63) is 70.5 Å². The van der Waals surface area contributed by atoms with E-state index in [1.165, 1.54) is 18.2 Å². The van der Waals surface area contributed by atoms with Crippen LogP contribution in [0.1, 0.15) is 5.56 Å². The van der Waals surface area contributed by atoms with Gasteiger partial charge in [-0.15, -0.1) is 0 Å². The Bertz CT molecular complexity index is 862. The van der Waals surface area contributed by atoms with E-state index in [2.05, 4.69) is 15.5 Å². The summed E-state index contributed by atoms with van der Waals surface area (Å²) in [6, 6.07) is 14.1. The quantitative estimate of drug-likeness (QED) is 0.508. The number of anilines is 1. The third kappa shape index (κ3) is 3.46. The molecule has 3 N–H and O–H groups in total. The van der Waals surface area contributed by atoms with E-state index in [0.29, 0.717) is 10.7 Å². The summed E-state index contributed by atoms with van der Waals surface area (Å²) in [4.78, 5) is 4.33. The van der Waals surface area contributed by atoms with Gasteiger partial charge in [0.25, 0.3) is 0 Å². The highest BCUT2D eigenvalue weighted by atomic mass is 35.5. The van der Waals surface area contributed by atoms with Crippen molar-refractivity contribution >= 4 is 40.1 Å². The van der Waals surface area contributed by atoms with Crippen molar-refractivity contribution in [1.29, 1.82) is 0 Å². The molecule has 3 rings (SSSR count). The number of benzene rings is 2. The largest absolute Gasteiger partial charge is 0.595 e. The number of hydrogen-bond acceptors (Lipinski definition) is 5. The molecule has 1 unspecified atom stereocenters. The summed E-state index contributed by atoms with van der Waals surface area (Å²) in [5.74, 6) is 0. The predicted octanol–water partition coefficient (Wildman–Crippen LogP) is 2.74. The number of hydrazone groups is 1. The van der Waals surface area contributed by atoms with Gasteiger partial charge in [0.2, 0.25) is 0 Å². The average molecular weight is 329 g/mol. The maximum absolute atomic E-state index is 11.2. The van der Waals surface area contributed by atoms with Gasteiger partial charge in [0.15, 0.2) is 5.69 Å². The van der Waals surface area contributed by atoms with Gasteiger partial charge < -0.3 is 5.21 Å². The third-order valence-electron chi connectivity index (χ3n) is 3.26. The molecule has 7 heteroatoms. The fourth-order valence-corrected chi connectivity index (χ4v) is 2.37. The van der Waals surface area contributed by atoms with Gasteiger partial charge in [0.05, 0.1) is 11.7 Å². The first kappa shape index (κ1) is 15.4. The average Bonchev–Trinajstić information content (AvgIpc) is 2.55. The summed E-state index contributed by atoms with van der Waals surface area (Å²) in [5, 5.41) is 24.9. The highest BCUT2D eigenvalue weighted by Crippen LogP contribution is 2.22. The van der Waals surface area contributed by atoms with Crippen molar-refractivity contribution in [1.82, 2.24) is 4.98 Å². The molecule has 0 saturated carbocycles. The molecule has 0 amide bonds. The topological polar surface area (TPSA) is 85.0 Å². The molecule has 2 aromatic carbocycles. The number of halogens is 1. The summed E-state index contributed by atoms with van der Waals surface area (Å²) in [7, 11) is 0. The van der Waals surface area contributed by atoms with E-state index in [0.717, 1.165) is 16.5 Å². The molecule has 1 atom stereocenters. The van der Waals surface area contributed by atoms with Gasteiger partial charge in [-0.3, -0.25) is 10.4 Å². The number of nitrogens with one attached hydrogen (secondary N) is 2. The van der Waals surface area contributed by atoms with Crippen LogP contribution in [-0.4, -0.2) is 16.4 Å². The molecule has 0 bridgehead atoms. The molecule has 0 radical (unpaired) electrons. The van der Waals surface area contributed by atoms with Crippen molar-refractivity contribution in [2.45, 2.75) is 0 Å². The summed E-state index contributed by atoms with van der Waals surface area (Å²) in [6.07, 6.45) is 3.31. The molecule has 1 aromatic heterocycles. The monoisotopic (exact) mass is 328 g/mol. The molecule has 0 aliphatic rings. The van der Waals surface area contributed by atoms with E-state index in [9.17, 15) is 5.21 Å². The number of para-hydroxylation sites is 1. The number of fused-ring (bicyclic) bond motifs is 1. The van der Waals surface area contributed by atoms with Crippen molar-refractivity contribution in [2.24, 2.45) is 5.10 Å². The SMILES string of the molecule is [O-][NH+](O)c1ccc(Cl)cc1N/N=C/c1cccc2cccnc12. The molecular weight excluding hydrogens is 316 g/mol. The minimum Gasteiger partial charge on any atom is -0.595 e. The van der Waals surface area contributed by atoms with Crippen molar-refractivity contribution in [3.63, 3.8) is 0 Å². The third-order valence-corrected chi connectivity index (χ3v) is 3.50. The number of pyridine rings is 1. The Morgan fingerprint density at radius 3 is 2.87 bits per heavy atom. The lowest BCUT2D eigenvalue weighted by atomic mass is 10.1. The Hall–Kier alpha value is -2.51. The van der Waals surface area contributed by atoms with Gasteiger partial charge in [-0.25, -0.2) is 5.21 Å². The van der Waals surface area contributed by atoms with Gasteiger partial charge in [0.1, 0.15) is 5.69 Å². The number of aromatic nitrogens is 1. The normalized spacial score (nSPS) is 12.7. The van der Waals surface area contributed by atoms with Crippen LogP contribution in [0, 0.1) is 5.21 Å². The van der Waals surface area contributed by atoms with Crippen LogP contribution < -0.4 is 10.7 Å². The van der Waals surface area contributed by atoms with E-state index in [1.807, 2.05) is 30.3 Å². The van der Waals surface area contributed by atoms with Crippen LogP contribution >= 0.6 is 11.6 Å². The Balaban J connectivity index is 1.88. The number of rotatable bonds is 4. The molecule has 116 valence electrons. The molecule has 1 heterocycles. The Labute approximate surface area is 137 Å². The second kappa shape index (κ2) is 6.72. The van der Waals surface area contributed by atoms with Gasteiger partial charge >= 0.3 is 0 Å². The first-order valence-corrected chi connectivity index (χ1v) is 7.18. The van der Waals surface area contributed by atoms with E-state index >= 15 is 0 Å². The number of quaternary nitrogens is 1. The Morgan fingerprint density at radius 1 is 1.22 bits per heavy atom. The minimum absolute atomic E-state index is 0.0996. The Kier molecular flexibility index (Phi) is 4.50. The highest BCUT2D eigenvalue weighted by molar-refractivity contribution is 6.31. The van der Waals surface area contributed by atoms with Gasteiger partial charge in [0, 0.05) is 28.2 Å². The van der Waals surface area contributed by atoms with Crippen LogP contribution in [0.25, 0.3) is 10.9 Å². The summed E-state index contributed by atoms with van der Waals surface area (Å²) >= 11 is 5.90. The van der Waals surface area contributed by atoms with Crippen LogP contribution in [0.5, 0.6) is 0 Å². The van der Waals surface area contributed by atoms with E-state index in [4.69, 9.17) is 16.8 Å². The zero-order valence-electron chi connectivity index (χ0n) is 11.9. The molecule has 0 spiro atoms. The van der Waals surface area contributed by atoms with Crippen LogP contribution in [0.4, 0.5) is 11.4 Å². The van der Waals surface area contributed by atoms with E-state index < -0.39 is 5.23 Å². The van der Waals surface area contributed by atoms with Crippen LogP contribution in [0.15, 0.2) is 59.8 Å². The maximum atomic E-state index is 11.2. The minimum atomic E-state index is -1.05. The number of hydrogen-bond donors (Lipinski definition) is 3. The highest BCUT2D eigenvalue weighted by Gasteiger charge is 2.08. The molecular formula is C16H13ClN4O2. The van der Waals surface area contributed by atoms with Crippen molar-refractivity contribution < 1.29 is 10.4 Å². The summed E-state index contributed by atoms with van der Waals surface area (Å²) < 4.78 is 0. The fourth-order valence-electron chi connectivity index (χ4n) is 2.20. The van der Waals surface area contributed by atoms with E-state index in [1.54, 1.807) is 12.4 Å². The molecule has 3 aromatic rings. The van der Waals surface area contributed by atoms with Gasteiger partial charge in [-0.05, 0) is 18.2 Å². The van der Waals surface area contributed by atoms with Gasteiger partial charge in [-0.1, -0.05) is 35.9 Å². The zero-order chi connectivity index (χ0) is 16.2. The van der Waals surface area contributed by atoms with Crippen LogP contribution in [-0.2, 0) is 0 Å². The smallest absolute Gasteiger partial charge is 0.189 e. The van der Waals surface area contributed by atoms with Crippen molar-refractivity contribution in [2.75, 3.05) is 5.43 Å².